The maximum absolute atomic E-state index is 8.88. The number of hydrogen-bond donors (Lipinski definition) is 2. The Morgan fingerprint density at radius 2 is 1.82 bits per heavy atom. The van der Waals surface area contributed by atoms with Crippen molar-refractivity contribution in [3.63, 3.8) is 0 Å². The van der Waals surface area contributed by atoms with Crippen molar-refractivity contribution in [1.29, 1.82) is 5.26 Å². The fourth-order valence-corrected chi connectivity index (χ4v) is 3.71. The van der Waals surface area contributed by atoms with Gasteiger partial charge in [-0.1, -0.05) is 30.3 Å². The van der Waals surface area contributed by atoms with Gasteiger partial charge >= 0.3 is 0 Å². The van der Waals surface area contributed by atoms with Crippen molar-refractivity contribution in [2.24, 2.45) is 0 Å². The highest BCUT2D eigenvalue weighted by molar-refractivity contribution is 5.46. The molecule has 1 aromatic heterocycles. The summed E-state index contributed by atoms with van der Waals surface area (Å²) in [4.78, 5) is 10.4. The maximum atomic E-state index is 8.88. The zero-order chi connectivity index (χ0) is 19.2. The number of imidazole rings is 1. The van der Waals surface area contributed by atoms with Gasteiger partial charge in [-0.2, -0.15) is 5.26 Å². The van der Waals surface area contributed by atoms with E-state index in [1.165, 1.54) is 5.69 Å². The van der Waals surface area contributed by atoms with Crippen LogP contribution in [-0.2, 0) is 13.0 Å². The highest BCUT2D eigenvalue weighted by Crippen LogP contribution is 2.19. The van der Waals surface area contributed by atoms with E-state index in [9.17, 15) is 0 Å². The Labute approximate surface area is 166 Å². The summed E-state index contributed by atoms with van der Waals surface area (Å²) in [5.74, 6) is 0.959. The lowest BCUT2D eigenvalue weighted by Crippen LogP contribution is -2.42. The molecule has 0 atom stereocenters. The molecule has 1 aliphatic heterocycles. The number of nitrogens with one attached hydrogen (secondary N) is 2. The highest BCUT2D eigenvalue weighted by Gasteiger charge is 2.19. The highest BCUT2D eigenvalue weighted by atomic mass is 15.1. The first-order chi connectivity index (χ1) is 13.8. The fourth-order valence-electron chi connectivity index (χ4n) is 3.71. The van der Waals surface area contributed by atoms with Gasteiger partial charge in [0.15, 0.2) is 0 Å². The van der Waals surface area contributed by atoms with Crippen LogP contribution in [0.25, 0.3) is 0 Å². The molecule has 3 aromatic rings. The normalized spacial score (nSPS) is 14.8. The average Bonchev–Trinajstić information content (AvgIpc) is 3.21. The van der Waals surface area contributed by atoms with Crippen molar-refractivity contribution in [3.8, 4) is 6.07 Å². The molecule has 1 aliphatic rings. The van der Waals surface area contributed by atoms with Crippen LogP contribution in [0, 0.1) is 11.3 Å². The topological polar surface area (TPSA) is 67.7 Å². The number of para-hydroxylation sites is 1. The van der Waals surface area contributed by atoms with E-state index >= 15 is 0 Å². The largest absolute Gasteiger partial charge is 0.371 e. The van der Waals surface area contributed by atoms with Crippen LogP contribution in [0.2, 0.25) is 0 Å². The van der Waals surface area contributed by atoms with Crippen LogP contribution in [0.1, 0.15) is 35.5 Å². The molecular formula is C23H25N5. The third-order valence-electron chi connectivity index (χ3n) is 5.33. The molecule has 0 bridgehead atoms. The van der Waals surface area contributed by atoms with E-state index < -0.39 is 0 Å². The summed E-state index contributed by atoms with van der Waals surface area (Å²) in [6.45, 7) is 3.00. The second-order valence-corrected chi connectivity index (χ2v) is 7.32. The zero-order valence-corrected chi connectivity index (χ0v) is 15.9. The van der Waals surface area contributed by atoms with E-state index in [1.54, 1.807) is 0 Å². The van der Waals surface area contributed by atoms with Gasteiger partial charge in [0.05, 0.1) is 11.6 Å². The van der Waals surface area contributed by atoms with Gasteiger partial charge in [0.2, 0.25) is 0 Å². The van der Waals surface area contributed by atoms with Gasteiger partial charge in [0.1, 0.15) is 5.82 Å². The van der Waals surface area contributed by atoms with Crippen molar-refractivity contribution in [2.45, 2.75) is 31.8 Å². The lowest BCUT2D eigenvalue weighted by Gasteiger charge is -2.34. The lowest BCUT2D eigenvalue weighted by atomic mass is 10.0. The molecule has 5 heteroatoms. The molecule has 4 rings (SSSR count). The third kappa shape index (κ3) is 4.59. The second-order valence-electron chi connectivity index (χ2n) is 7.32. The number of nitriles is 1. The van der Waals surface area contributed by atoms with Crippen LogP contribution in [0.4, 0.5) is 5.69 Å². The minimum atomic E-state index is 0.547. The Morgan fingerprint density at radius 3 is 2.54 bits per heavy atom. The van der Waals surface area contributed by atoms with E-state index in [-0.39, 0.29) is 0 Å². The SMILES string of the molecule is N#Cc1ccc(Cc2ncc(CNC3CCN(c4ccccc4)CC3)[nH]2)cc1. The van der Waals surface area contributed by atoms with E-state index in [0.717, 1.165) is 56.0 Å². The Morgan fingerprint density at radius 1 is 1.07 bits per heavy atom. The summed E-state index contributed by atoms with van der Waals surface area (Å²) < 4.78 is 0. The minimum Gasteiger partial charge on any atom is -0.371 e. The predicted molar refractivity (Wildman–Crippen MR) is 111 cm³/mol. The summed E-state index contributed by atoms with van der Waals surface area (Å²) in [5.41, 5.74) is 4.28. The van der Waals surface area contributed by atoms with Crippen LogP contribution < -0.4 is 10.2 Å². The molecule has 1 saturated heterocycles. The second kappa shape index (κ2) is 8.73. The Balaban J connectivity index is 1.24. The standard InChI is InChI=1S/C23H25N5/c24-15-19-8-6-18(7-9-19)14-23-26-17-21(27-23)16-25-20-10-12-28(13-11-20)22-4-2-1-3-5-22/h1-9,17,20,25H,10-14,16H2,(H,26,27). The number of nitrogens with zero attached hydrogens (tertiary/aromatic N) is 3. The van der Waals surface area contributed by atoms with Crippen molar-refractivity contribution in [3.05, 3.63) is 83.4 Å². The van der Waals surface area contributed by atoms with Gasteiger partial charge < -0.3 is 15.2 Å². The quantitative estimate of drug-likeness (QED) is 0.694. The molecule has 0 aliphatic carbocycles. The predicted octanol–water partition coefficient (Wildman–Crippen LogP) is 3.63. The van der Waals surface area contributed by atoms with Crippen LogP contribution >= 0.6 is 0 Å². The Kier molecular flexibility index (Phi) is 5.69. The van der Waals surface area contributed by atoms with E-state index in [1.807, 2.05) is 30.5 Å². The molecule has 2 heterocycles. The summed E-state index contributed by atoms with van der Waals surface area (Å²) in [6, 6.07) is 21.0. The van der Waals surface area contributed by atoms with E-state index in [4.69, 9.17) is 5.26 Å². The molecule has 0 unspecified atom stereocenters. The monoisotopic (exact) mass is 371 g/mol. The number of H-pyrrole nitrogens is 1. The minimum absolute atomic E-state index is 0.547. The summed E-state index contributed by atoms with van der Waals surface area (Å²) >= 11 is 0. The number of aromatic amines is 1. The number of rotatable bonds is 6. The number of hydrogen-bond acceptors (Lipinski definition) is 4. The van der Waals surface area contributed by atoms with Crippen LogP contribution in [0.15, 0.2) is 60.8 Å². The lowest BCUT2D eigenvalue weighted by molar-refractivity contribution is 0.412. The van der Waals surface area contributed by atoms with Gasteiger partial charge in [-0.05, 0) is 42.7 Å². The summed E-state index contributed by atoms with van der Waals surface area (Å²) in [7, 11) is 0. The molecule has 5 nitrogen and oxygen atoms in total. The van der Waals surface area contributed by atoms with Crippen molar-refractivity contribution >= 4 is 5.69 Å². The average molecular weight is 371 g/mol. The molecule has 2 N–H and O–H groups in total. The molecule has 2 aromatic carbocycles. The summed E-state index contributed by atoms with van der Waals surface area (Å²) in [6.07, 6.45) is 4.98. The first kappa shape index (κ1) is 18.3. The molecule has 1 fully saturated rings. The third-order valence-corrected chi connectivity index (χ3v) is 5.33. The molecule has 0 radical (unpaired) electrons. The van der Waals surface area contributed by atoms with Crippen molar-refractivity contribution in [1.82, 2.24) is 15.3 Å². The van der Waals surface area contributed by atoms with Gasteiger partial charge in [-0.3, -0.25) is 0 Å². The van der Waals surface area contributed by atoms with Crippen molar-refractivity contribution < 1.29 is 0 Å². The molecular weight excluding hydrogens is 346 g/mol. The van der Waals surface area contributed by atoms with Gasteiger partial charge in [-0.15, -0.1) is 0 Å². The summed E-state index contributed by atoms with van der Waals surface area (Å²) in [5, 5.41) is 12.6. The van der Waals surface area contributed by atoms with Crippen molar-refractivity contribution in [2.75, 3.05) is 18.0 Å². The smallest absolute Gasteiger partial charge is 0.110 e. The van der Waals surface area contributed by atoms with Crippen LogP contribution in [0.5, 0.6) is 0 Å². The van der Waals surface area contributed by atoms with Gasteiger partial charge in [-0.25, -0.2) is 4.98 Å². The zero-order valence-electron chi connectivity index (χ0n) is 15.9. The Bertz CT molecular complexity index is 916. The molecule has 142 valence electrons. The van der Waals surface area contributed by atoms with Crippen LogP contribution in [0.3, 0.4) is 0 Å². The first-order valence-electron chi connectivity index (χ1n) is 9.85. The molecule has 0 amide bonds. The maximum Gasteiger partial charge on any atom is 0.110 e. The molecule has 0 saturated carbocycles. The van der Waals surface area contributed by atoms with E-state index in [0.29, 0.717) is 11.6 Å². The molecule has 0 spiro atoms. The number of benzene rings is 2. The number of aromatic nitrogens is 2. The Hall–Kier alpha value is -3.10. The fraction of sp³-hybridized carbons (Fsp3) is 0.304. The van der Waals surface area contributed by atoms with Crippen LogP contribution in [-0.4, -0.2) is 29.1 Å². The molecule has 28 heavy (non-hydrogen) atoms. The van der Waals surface area contributed by atoms with E-state index in [2.05, 4.69) is 56.6 Å². The van der Waals surface area contributed by atoms with Gasteiger partial charge in [0, 0.05) is 49.7 Å². The number of piperidine rings is 1. The van der Waals surface area contributed by atoms with Gasteiger partial charge in [0.25, 0.3) is 0 Å². The number of anilines is 1. The first-order valence-corrected chi connectivity index (χ1v) is 9.85.